The molecule has 2 rings (SSSR count). The van der Waals surface area contributed by atoms with Crippen LogP contribution in [0.15, 0.2) is 12.1 Å². The monoisotopic (exact) mass is 385 g/mol. The molecule has 0 bridgehead atoms. The van der Waals surface area contributed by atoms with Crippen molar-refractivity contribution in [3.63, 3.8) is 0 Å². The molecule has 1 amide bonds. The number of benzene rings is 1. The van der Waals surface area contributed by atoms with Crippen LogP contribution in [0.3, 0.4) is 0 Å². The highest BCUT2D eigenvalue weighted by molar-refractivity contribution is 6.32. The summed E-state index contributed by atoms with van der Waals surface area (Å²) in [6, 6.07) is 3.01. The van der Waals surface area contributed by atoms with Crippen LogP contribution in [0, 0.1) is 5.92 Å². The first kappa shape index (κ1) is 20.3. The second-order valence-corrected chi connectivity index (χ2v) is 7.21. The average Bonchev–Trinajstić information content (AvgIpc) is 2.99. The highest BCUT2D eigenvalue weighted by atomic mass is 35.5. The normalized spacial score (nSPS) is 19.4. The van der Waals surface area contributed by atoms with Crippen LogP contribution in [-0.2, 0) is 9.53 Å². The molecule has 7 nitrogen and oxygen atoms in total. The molecule has 0 spiro atoms. The van der Waals surface area contributed by atoms with Crippen LogP contribution in [0.2, 0.25) is 5.02 Å². The summed E-state index contributed by atoms with van der Waals surface area (Å²) >= 11 is 6.27. The molecule has 1 aliphatic heterocycles. The molecule has 0 saturated carbocycles. The summed E-state index contributed by atoms with van der Waals surface area (Å²) < 4.78 is 16.3. The number of amides is 1. The minimum Gasteiger partial charge on any atom is -0.493 e. The lowest BCUT2D eigenvalue weighted by atomic mass is 9.93. The zero-order valence-electron chi connectivity index (χ0n) is 15.1. The van der Waals surface area contributed by atoms with E-state index in [1.165, 1.54) is 19.2 Å². The Morgan fingerprint density at radius 2 is 2.15 bits per heavy atom. The van der Waals surface area contributed by atoms with E-state index in [9.17, 15) is 9.59 Å². The minimum atomic E-state index is -0.996. The number of aliphatic carboxylic acids is 1. The molecule has 144 valence electrons. The van der Waals surface area contributed by atoms with Crippen LogP contribution < -0.4 is 14.8 Å². The van der Waals surface area contributed by atoms with Crippen molar-refractivity contribution in [3.8, 4) is 11.5 Å². The Hall–Kier alpha value is -1.99. The van der Waals surface area contributed by atoms with Crippen molar-refractivity contribution in [1.29, 1.82) is 0 Å². The zero-order valence-corrected chi connectivity index (χ0v) is 15.9. The van der Waals surface area contributed by atoms with E-state index < -0.39 is 17.4 Å². The molecule has 1 saturated heterocycles. The fourth-order valence-corrected chi connectivity index (χ4v) is 3.00. The Morgan fingerprint density at radius 3 is 2.69 bits per heavy atom. The van der Waals surface area contributed by atoms with Crippen LogP contribution in [0.5, 0.6) is 11.5 Å². The van der Waals surface area contributed by atoms with Crippen molar-refractivity contribution in [2.45, 2.75) is 32.2 Å². The molecule has 1 aromatic rings. The summed E-state index contributed by atoms with van der Waals surface area (Å²) in [5.41, 5.74) is -0.657. The van der Waals surface area contributed by atoms with Crippen molar-refractivity contribution in [2.24, 2.45) is 5.92 Å². The lowest BCUT2D eigenvalue weighted by Crippen LogP contribution is -2.50. The summed E-state index contributed by atoms with van der Waals surface area (Å²) in [5, 5.41) is 12.2. The van der Waals surface area contributed by atoms with Crippen molar-refractivity contribution in [2.75, 3.05) is 26.9 Å². The third-order valence-electron chi connectivity index (χ3n) is 4.02. The van der Waals surface area contributed by atoms with Gasteiger partial charge in [0.25, 0.3) is 5.91 Å². The Bertz CT molecular complexity index is 670. The van der Waals surface area contributed by atoms with Gasteiger partial charge in [0.2, 0.25) is 0 Å². The molecule has 0 aliphatic carbocycles. The zero-order chi connectivity index (χ0) is 19.3. The molecule has 1 aromatic carbocycles. The van der Waals surface area contributed by atoms with Gasteiger partial charge in [-0.3, -0.25) is 9.59 Å². The van der Waals surface area contributed by atoms with E-state index >= 15 is 0 Å². The van der Waals surface area contributed by atoms with Crippen molar-refractivity contribution in [1.82, 2.24) is 5.32 Å². The maximum absolute atomic E-state index is 12.7. The third kappa shape index (κ3) is 5.02. The van der Waals surface area contributed by atoms with Crippen molar-refractivity contribution in [3.05, 3.63) is 22.7 Å². The van der Waals surface area contributed by atoms with Crippen LogP contribution in [0.1, 0.15) is 37.0 Å². The molecule has 1 fully saturated rings. The number of nitrogens with one attached hydrogen (secondary N) is 1. The largest absolute Gasteiger partial charge is 0.493 e. The van der Waals surface area contributed by atoms with Crippen molar-refractivity contribution < 1.29 is 28.9 Å². The number of carboxylic acids is 1. The van der Waals surface area contributed by atoms with Gasteiger partial charge < -0.3 is 24.6 Å². The van der Waals surface area contributed by atoms with E-state index in [1.807, 2.05) is 13.8 Å². The highest BCUT2D eigenvalue weighted by Gasteiger charge is 2.39. The molecule has 1 atom stereocenters. The van der Waals surface area contributed by atoms with Gasteiger partial charge in [0.05, 0.1) is 37.3 Å². The number of carboxylic acid groups (broad SMARTS) is 1. The topological polar surface area (TPSA) is 94.1 Å². The summed E-state index contributed by atoms with van der Waals surface area (Å²) in [6.07, 6.45) is 0.227. The number of hydrogen-bond donors (Lipinski definition) is 2. The fraction of sp³-hybridized carbons (Fsp3) is 0.556. The molecule has 26 heavy (non-hydrogen) atoms. The molecule has 0 aromatic heterocycles. The van der Waals surface area contributed by atoms with Gasteiger partial charge in [-0.1, -0.05) is 25.4 Å². The number of rotatable bonds is 8. The summed E-state index contributed by atoms with van der Waals surface area (Å²) in [4.78, 5) is 23.8. The first-order valence-electron chi connectivity index (χ1n) is 8.39. The van der Waals surface area contributed by atoms with Gasteiger partial charge in [0, 0.05) is 12.2 Å². The van der Waals surface area contributed by atoms with Gasteiger partial charge in [-0.05, 0) is 24.5 Å². The molecular weight excluding hydrogens is 362 g/mol. The molecule has 1 heterocycles. The van der Waals surface area contributed by atoms with E-state index in [-0.39, 0.29) is 23.6 Å². The van der Waals surface area contributed by atoms with Crippen LogP contribution in [0.4, 0.5) is 0 Å². The standard InChI is InChI=1S/C18H24ClNO6/c1-11(2)9-26-16-13(19)6-12(7-14(16)24-3)17(23)20-18(8-15(21)22)4-5-25-10-18/h6-7,11H,4-5,8-10H2,1-3H3,(H,20,23)(H,21,22). The van der Waals surface area contributed by atoms with Gasteiger partial charge in [-0.25, -0.2) is 0 Å². The number of halogens is 1. The number of hydrogen-bond acceptors (Lipinski definition) is 5. The summed E-state index contributed by atoms with van der Waals surface area (Å²) in [6.45, 7) is 5.04. The molecular formula is C18H24ClNO6. The smallest absolute Gasteiger partial charge is 0.305 e. The van der Waals surface area contributed by atoms with Gasteiger partial charge in [0.15, 0.2) is 11.5 Å². The first-order valence-corrected chi connectivity index (χ1v) is 8.76. The van der Waals surface area contributed by atoms with E-state index in [1.54, 1.807) is 0 Å². The maximum atomic E-state index is 12.7. The number of carbonyl (C=O) groups is 2. The van der Waals surface area contributed by atoms with Gasteiger partial charge in [-0.2, -0.15) is 0 Å². The number of methoxy groups -OCH3 is 1. The van der Waals surface area contributed by atoms with Crippen molar-refractivity contribution >= 4 is 23.5 Å². The Kier molecular flexibility index (Phi) is 6.72. The van der Waals surface area contributed by atoms with E-state index in [2.05, 4.69) is 5.32 Å². The Balaban J connectivity index is 2.23. The Morgan fingerprint density at radius 1 is 1.42 bits per heavy atom. The predicted octanol–water partition coefficient (Wildman–Crippen LogP) is 2.75. The summed E-state index contributed by atoms with van der Waals surface area (Å²) in [5.74, 6) is -0.407. The van der Waals surface area contributed by atoms with Gasteiger partial charge in [-0.15, -0.1) is 0 Å². The first-order chi connectivity index (χ1) is 12.3. The van der Waals surface area contributed by atoms with Gasteiger partial charge >= 0.3 is 5.97 Å². The van der Waals surface area contributed by atoms with Crippen LogP contribution in [-0.4, -0.2) is 49.5 Å². The highest BCUT2D eigenvalue weighted by Crippen LogP contribution is 2.37. The third-order valence-corrected chi connectivity index (χ3v) is 4.31. The van der Waals surface area contributed by atoms with E-state index in [4.69, 9.17) is 30.9 Å². The lowest BCUT2D eigenvalue weighted by molar-refractivity contribution is -0.138. The second-order valence-electron chi connectivity index (χ2n) is 6.80. The molecule has 8 heteroatoms. The SMILES string of the molecule is COc1cc(C(=O)NC2(CC(=O)O)CCOC2)cc(Cl)c1OCC(C)C. The van der Waals surface area contributed by atoms with E-state index in [0.29, 0.717) is 37.1 Å². The predicted molar refractivity (Wildman–Crippen MR) is 96.2 cm³/mol. The molecule has 1 aliphatic rings. The summed E-state index contributed by atoms with van der Waals surface area (Å²) in [7, 11) is 1.46. The van der Waals surface area contributed by atoms with Crippen LogP contribution >= 0.6 is 11.6 Å². The second kappa shape index (κ2) is 8.60. The Labute approximate surface area is 157 Å². The number of carbonyl (C=O) groups excluding carboxylic acids is 1. The van der Waals surface area contributed by atoms with Gasteiger partial charge in [0.1, 0.15) is 0 Å². The maximum Gasteiger partial charge on any atom is 0.305 e. The molecule has 1 unspecified atom stereocenters. The average molecular weight is 386 g/mol. The quantitative estimate of drug-likeness (QED) is 0.714. The molecule has 2 N–H and O–H groups in total. The van der Waals surface area contributed by atoms with Crippen LogP contribution in [0.25, 0.3) is 0 Å². The van der Waals surface area contributed by atoms with E-state index in [0.717, 1.165) is 0 Å². The molecule has 0 radical (unpaired) electrons. The number of ether oxygens (including phenoxy) is 3. The fourth-order valence-electron chi connectivity index (χ4n) is 2.73. The minimum absolute atomic E-state index is 0.158. The lowest BCUT2D eigenvalue weighted by Gasteiger charge is -2.27.